The molecule has 0 saturated carbocycles. The van der Waals surface area contributed by atoms with E-state index in [9.17, 15) is 18.5 Å². The molecule has 1 aromatic carbocycles. The number of nitriles is 1. The number of piperidine rings is 1. The summed E-state index contributed by atoms with van der Waals surface area (Å²) in [4.78, 5) is 25.0. The highest BCUT2D eigenvalue weighted by Gasteiger charge is 2.45. The Labute approximate surface area is 272 Å². The summed E-state index contributed by atoms with van der Waals surface area (Å²) in [6, 6.07) is 7.08. The Morgan fingerprint density at radius 3 is 2.51 bits per heavy atom. The maximum absolute atomic E-state index is 16.0. The molecule has 3 aromatic rings. The van der Waals surface area contributed by atoms with Crippen LogP contribution in [0.1, 0.15) is 74.6 Å². The average molecular weight is 669 g/mol. The number of fused-ring (bicyclic) bond motifs is 8. The first-order chi connectivity index (χ1) is 22.5. The van der Waals surface area contributed by atoms with Crippen molar-refractivity contribution in [1.29, 1.82) is 5.26 Å². The van der Waals surface area contributed by atoms with Crippen LogP contribution >= 0.6 is 0 Å². The van der Waals surface area contributed by atoms with Crippen molar-refractivity contribution in [2.24, 2.45) is 5.92 Å². The highest BCUT2D eigenvalue weighted by atomic mass is 32.2. The molecule has 1 N–H and O–H groups in total. The third-order valence-corrected chi connectivity index (χ3v) is 11.8. The molecule has 6 heterocycles. The maximum atomic E-state index is 16.0. The first-order valence-corrected chi connectivity index (χ1v) is 18.1. The molecule has 7 rings (SSSR count). The minimum atomic E-state index is -3.35. The zero-order valence-electron chi connectivity index (χ0n) is 26.4. The van der Waals surface area contributed by atoms with Crippen LogP contribution in [0.25, 0.3) is 11.0 Å². The Hall–Kier alpha value is -3.76. The van der Waals surface area contributed by atoms with Crippen LogP contribution in [-0.4, -0.2) is 59.0 Å². The van der Waals surface area contributed by atoms with E-state index in [1.54, 1.807) is 13.0 Å². The van der Waals surface area contributed by atoms with E-state index in [2.05, 4.69) is 32.3 Å². The molecule has 13 heteroatoms. The average Bonchev–Trinajstić information content (AvgIpc) is 3.05. The van der Waals surface area contributed by atoms with E-state index >= 15 is 13.2 Å². The second-order valence-electron chi connectivity index (χ2n) is 13.1. The second kappa shape index (κ2) is 13.0. The summed E-state index contributed by atoms with van der Waals surface area (Å²) >= 11 is 0. The molecule has 2 saturated heterocycles. The lowest BCUT2D eigenvalue weighted by atomic mass is 9.77. The number of alkyl halides is 2. The molecule has 0 radical (unpaired) electrons. The van der Waals surface area contributed by atoms with Crippen molar-refractivity contribution in [3.63, 3.8) is 0 Å². The molecule has 8 bridgehead atoms. The molecule has 1 atom stereocenters. The van der Waals surface area contributed by atoms with Crippen LogP contribution in [-0.2, 0) is 27.7 Å². The lowest BCUT2D eigenvalue weighted by Gasteiger charge is -2.36. The third-order valence-electron chi connectivity index (χ3n) is 10.1. The maximum Gasteiger partial charge on any atom is 0.278 e. The number of sulfone groups is 1. The Bertz CT molecular complexity index is 1880. The molecule has 0 unspecified atom stereocenters. The van der Waals surface area contributed by atoms with Crippen molar-refractivity contribution in [3.8, 4) is 6.07 Å². The van der Waals surface area contributed by atoms with Gasteiger partial charge in [0.2, 0.25) is 0 Å². The van der Waals surface area contributed by atoms with Gasteiger partial charge in [0, 0.05) is 30.1 Å². The number of rotatable bonds is 1. The van der Waals surface area contributed by atoms with Gasteiger partial charge in [-0.3, -0.25) is 14.3 Å². The monoisotopic (exact) mass is 668 g/mol. The zero-order valence-corrected chi connectivity index (χ0v) is 27.2. The standard InChI is InChI=1S/C34H39F3N6O3S/c1-23-25-8-7-9-27(29(25)35)34(36,37)24-10-16-42(17-11-24)14-5-3-2-4-6-15-43-31-26(30(41-23)39-22-40-31)20-28(32(43)44)33(21-38)12-18-47(45,46)19-13-33/h3,5,7-9,20,22-24H,2,4,6,10-19H2,1H3,(H,39,40,41)/b5-3+/t23-/m1/s1. The highest BCUT2D eigenvalue weighted by Crippen LogP contribution is 2.44. The van der Waals surface area contributed by atoms with Gasteiger partial charge in [-0.1, -0.05) is 30.4 Å². The third kappa shape index (κ3) is 6.42. The van der Waals surface area contributed by atoms with E-state index in [0.29, 0.717) is 43.6 Å². The van der Waals surface area contributed by atoms with Crippen molar-refractivity contribution < 1.29 is 21.6 Å². The molecule has 0 amide bonds. The Balaban J connectivity index is 1.47. The lowest BCUT2D eigenvalue weighted by molar-refractivity contribution is -0.0872. The van der Waals surface area contributed by atoms with Crippen molar-refractivity contribution in [1.82, 2.24) is 19.4 Å². The predicted molar refractivity (Wildman–Crippen MR) is 173 cm³/mol. The summed E-state index contributed by atoms with van der Waals surface area (Å²) in [5, 5.41) is 13.9. The Kier molecular flexibility index (Phi) is 9.19. The van der Waals surface area contributed by atoms with E-state index < -0.39 is 50.1 Å². The molecule has 4 aliphatic heterocycles. The molecule has 0 spiro atoms. The summed E-state index contributed by atoms with van der Waals surface area (Å²) in [7, 11) is -3.33. The van der Waals surface area contributed by atoms with E-state index in [1.165, 1.54) is 23.0 Å². The minimum Gasteiger partial charge on any atom is -0.363 e. The Morgan fingerprint density at radius 1 is 1.04 bits per heavy atom. The van der Waals surface area contributed by atoms with Gasteiger partial charge in [0.1, 0.15) is 33.4 Å². The Morgan fingerprint density at radius 2 is 1.79 bits per heavy atom. The van der Waals surface area contributed by atoms with E-state index in [-0.39, 0.29) is 54.1 Å². The van der Waals surface area contributed by atoms with Crippen molar-refractivity contribution in [2.75, 3.05) is 36.5 Å². The largest absolute Gasteiger partial charge is 0.363 e. The van der Waals surface area contributed by atoms with E-state index in [4.69, 9.17) is 0 Å². The van der Waals surface area contributed by atoms with Gasteiger partial charge in [-0.2, -0.15) is 5.26 Å². The predicted octanol–water partition coefficient (Wildman–Crippen LogP) is 5.62. The highest BCUT2D eigenvalue weighted by molar-refractivity contribution is 7.91. The summed E-state index contributed by atoms with van der Waals surface area (Å²) in [6.07, 6.45) is 8.03. The normalized spacial score (nSPS) is 26.5. The van der Waals surface area contributed by atoms with Gasteiger partial charge >= 0.3 is 0 Å². The van der Waals surface area contributed by atoms with Crippen LogP contribution in [0, 0.1) is 23.1 Å². The minimum absolute atomic E-state index is 0.0194. The first-order valence-electron chi connectivity index (χ1n) is 16.3. The number of nitrogens with one attached hydrogen (secondary N) is 1. The number of allylic oxidation sites excluding steroid dienone is 1. The number of pyridine rings is 1. The molecular formula is C34H39F3N6O3S. The summed E-state index contributed by atoms with van der Waals surface area (Å²) in [6.45, 7) is 3.60. The van der Waals surface area contributed by atoms with E-state index in [1.807, 2.05) is 6.08 Å². The number of hydrogen-bond donors (Lipinski definition) is 1. The van der Waals surface area contributed by atoms with Crippen molar-refractivity contribution in [3.05, 3.63) is 75.6 Å². The number of nitrogens with zero attached hydrogens (tertiary/aromatic N) is 5. The van der Waals surface area contributed by atoms with Crippen molar-refractivity contribution >= 4 is 26.7 Å². The fraction of sp³-hybridized carbons (Fsp3) is 0.529. The van der Waals surface area contributed by atoms with Crippen LogP contribution in [0.5, 0.6) is 0 Å². The first kappa shape index (κ1) is 33.2. The van der Waals surface area contributed by atoms with Crippen LogP contribution in [0.2, 0.25) is 0 Å². The molecule has 47 heavy (non-hydrogen) atoms. The number of hydrogen-bond acceptors (Lipinski definition) is 8. The zero-order chi connectivity index (χ0) is 33.4. The van der Waals surface area contributed by atoms with E-state index in [0.717, 1.165) is 18.9 Å². The number of aryl methyl sites for hydroxylation is 1. The molecule has 250 valence electrons. The fourth-order valence-electron chi connectivity index (χ4n) is 7.17. The molecule has 0 aliphatic carbocycles. The van der Waals surface area contributed by atoms with Gasteiger partial charge in [-0.25, -0.2) is 31.6 Å². The van der Waals surface area contributed by atoms with Crippen molar-refractivity contribution in [2.45, 2.75) is 75.8 Å². The van der Waals surface area contributed by atoms with Crippen LogP contribution < -0.4 is 10.9 Å². The van der Waals surface area contributed by atoms with Gasteiger partial charge in [-0.05, 0) is 71.0 Å². The lowest BCUT2D eigenvalue weighted by Crippen LogP contribution is -2.41. The van der Waals surface area contributed by atoms with Gasteiger partial charge in [0.25, 0.3) is 11.5 Å². The smallest absolute Gasteiger partial charge is 0.278 e. The summed E-state index contributed by atoms with van der Waals surface area (Å²) in [5.74, 6) is -5.49. The fourth-order valence-corrected chi connectivity index (χ4v) is 8.69. The SMILES string of the molecule is C[C@H]1Nc2ncnc3c2cc(C2(C#N)CCS(=O)(=O)CC2)c(=O)n3CCCC/C=C/CN2CCC(CC2)C(F)(F)c2cccc1c2F. The second-order valence-corrected chi connectivity index (χ2v) is 15.4. The van der Waals surface area contributed by atoms with Gasteiger partial charge in [0.05, 0.1) is 40.0 Å². The topological polar surface area (TPSA) is 121 Å². The number of halogens is 3. The summed E-state index contributed by atoms with van der Waals surface area (Å²) < 4.78 is 73.9. The van der Waals surface area contributed by atoms with Gasteiger partial charge in [-0.15, -0.1) is 0 Å². The number of anilines is 1. The molecule has 4 aliphatic rings. The molecule has 2 fully saturated rings. The van der Waals surface area contributed by atoms with Gasteiger partial charge < -0.3 is 5.32 Å². The quantitative estimate of drug-likeness (QED) is 0.332. The molecule has 9 nitrogen and oxygen atoms in total. The number of aromatic nitrogens is 3. The number of benzene rings is 1. The van der Waals surface area contributed by atoms with Crippen LogP contribution in [0.3, 0.4) is 0 Å². The molecule has 2 aromatic heterocycles. The van der Waals surface area contributed by atoms with Gasteiger partial charge in [0.15, 0.2) is 0 Å². The van der Waals surface area contributed by atoms with Crippen LogP contribution in [0.4, 0.5) is 19.0 Å². The summed E-state index contributed by atoms with van der Waals surface area (Å²) in [5.41, 5.74) is -1.83. The van der Waals surface area contributed by atoms with Crippen LogP contribution in [0.15, 0.2) is 47.5 Å². The molecular weight excluding hydrogens is 629 g/mol.